The topological polar surface area (TPSA) is 57.2 Å². The Hall–Kier alpha value is -1.44. The van der Waals surface area contributed by atoms with Gasteiger partial charge in [-0.3, -0.25) is 0 Å². The molecule has 3 heterocycles. The molecule has 6 nitrogen and oxygen atoms in total. The first kappa shape index (κ1) is 14.5. The molecule has 0 aliphatic heterocycles. The SMILES string of the molecule is C[Si](C)(C)CCOCn1nnc2c1ncn1ccc(Cl)c21. The van der Waals surface area contributed by atoms with E-state index in [1.54, 1.807) is 11.0 Å². The highest BCUT2D eigenvalue weighted by atomic mass is 35.5. The second-order valence-corrected chi connectivity index (χ2v) is 12.3. The number of hydrogen-bond acceptors (Lipinski definition) is 4. The number of nitrogens with zero attached hydrogens (tertiary/aromatic N) is 5. The van der Waals surface area contributed by atoms with Gasteiger partial charge in [-0.05, 0) is 12.1 Å². The Morgan fingerprint density at radius 1 is 1.33 bits per heavy atom. The molecule has 112 valence electrons. The zero-order chi connectivity index (χ0) is 15.0. The lowest BCUT2D eigenvalue weighted by Crippen LogP contribution is -2.22. The van der Waals surface area contributed by atoms with Crippen LogP contribution in [0.2, 0.25) is 30.7 Å². The molecule has 0 unspecified atom stereocenters. The predicted octanol–water partition coefficient (Wildman–Crippen LogP) is 3.04. The third-order valence-corrected chi connectivity index (χ3v) is 5.32. The predicted molar refractivity (Wildman–Crippen MR) is 85.4 cm³/mol. The van der Waals surface area contributed by atoms with Crippen LogP contribution in [0.15, 0.2) is 18.6 Å². The van der Waals surface area contributed by atoms with Gasteiger partial charge in [-0.2, -0.15) is 0 Å². The largest absolute Gasteiger partial charge is 0.359 e. The van der Waals surface area contributed by atoms with Crippen LogP contribution in [0.25, 0.3) is 16.7 Å². The lowest BCUT2D eigenvalue weighted by molar-refractivity contribution is 0.0798. The first-order valence-corrected chi connectivity index (χ1v) is 11.0. The molecule has 0 aromatic carbocycles. The number of halogens is 1. The van der Waals surface area contributed by atoms with Crippen molar-refractivity contribution in [2.45, 2.75) is 32.4 Å². The zero-order valence-electron chi connectivity index (χ0n) is 12.4. The standard InChI is InChI=1S/C13H18ClN5OSi/c1-21(2,3)7-6-20-9-19-13-11(16-17-19)12-10(14)4-5-18(12)8-15-13/h4-5,8H,6-7,9H2,1-3H3. The molecule has 0 aliphatic carbocycles. The number of fused-ring (bicyclic) bond motifs is 3. The van der Waals surface area contributed by atoms with Gasteiger partial charge in [-0.1, -0.05) is 36.5 Å². The van der Waals surface area contributed by atoms with Gasteiger partial charge in [0.1, 0.15) is 13.1 Å². The number of ether oxygens (including phenoxy) is 1. The van der Waals surface area contributed by atoms with Crippen LogP contribution in [0, 0.1) is 0 Å². The van der Waals surface area contributed by atoms with E-state index in [0.29, 0.717) is 22.9 Å². The minimum atomic E-state index is -1.07. The number of hydrogen-bond donors (Lipinski definition) is 0. The third kappa shape index (κ3) is 2.95. The highest BCUT2D eigenvalue weighted by Gasteiger charge is 2.14. The molecule has 8 heteroatoms. The van der Waals surface area contributed by atoms with Crippen molar-refractivity contribution in [3.8, 4) is 0 Å². The van der Waals surface area contributed by atoms with E-state index in [1.165, 1.54) is 0 Å². The lowest BCUT2D eigenvalue weighted by Gasteiger charge is -2.15. The Balaban J connectivity index is 1.81. The molecule has 3 aromatic rings. The first-order valence-electron chi connectivity index (χ1n) is 6.88. The molecule has 0 atom stereocenters. The summed E-state index contributed by atoms with van der Waals surface area (Å²) >= 11 is 6.19. The molecule has 0 radical (unpaired) electrons. The van der Waals surface area contributed by atoms with Gasteiger partial charge in [0, 0.05) is 20.9 Å². The van der Waals surface area contributed by atoms with Gasteiger partial charge in [0.2, 0.25) is 0 Å². The lowest BCUT2D eigenvalue weighted by atomic mass is 10.4. The molecular weight excluding hydrogens is 306 g/mol. The van der Waals surface area contributed by atoms with Crippen molar-refractivity contribution in [3.63, 3.8) is 0 Å². The van der Waals surface area contributed by atoms with Crippen molar-refractivity contribution in [2.75, 3.05) is 6.61 Å². The van der Waals surface area contributed by atoms with Gasteiger partial charge >= 0.3 is 0 Å². The Labute approximate surface area is 128 Å². The Kier molecular flexibility index (Phi) is 3.72. The normalized spacial score (nSPS) is 12.6. The maximum atomic E-state index is 6.19. The van der Waals surface area contributed by atoms with Gasteiger partial charge < -0.3 is 9.14 Å². The van der Waals surface area contributed by atoms with E-state index in [2.05, 4.69) is 34.9 Å². The second-order valence-electron chi connectivity index (χ2n) is 6.27. The maximum Gasteiger partial charge on any atom is 0.184 e. The molecule has 0 spiro atoms. The maximum absolute atomic E-state index is 6.19. The molecule has 3 rings (SSSR count). The molecule has 0 aliphatic rings. The zero-order valence-corrected chi connectivity index (χ0v) is 14.1. The van der Waals surface area contributed by atoms with Crippen LogP contribution in [0.3, 0.4) is 0 Å². The quantitative estimate of drug-likeness (QED) is 0.535. The summed E-state index contributed by atoms with van der Waals surface area (Å²) in [4.78, 5) is 4.38. The first-order chi connectivity index (χ1) is 9.96. The second kappa shape index (κ2) is 5.40. The molecule has 0 fully saturated rings. The van der Waals surface area contributed by atoms with Crippen molar-refractivity contribution >= 4 is 36.4 Å². The molecule has 21 heavy (non-hydrogen) atoms. The van der Waals surface area contributed by atoms with E-state index in [0.717, 1.165) is 18.2 Å². The molecular formula is C13H18ClN5OSi. The summed E-state index contributed by atoms with van der Waals surface area (Å²) in [5, 5.41) is 8.95. The summed E-state index contributed by atoms with van der Waals surface area (Å²) in [6, 6.07) is 2.95. The summed E-state index contributed by atoms with van der Waals surface area (Å²) in [6.45, 7) is 8.09. The Bertz CT molecular complexity index is 776. The van der Waals surface area contributed by atoms with Crippen molar-refractivity contribution in [3.05, 3.63) is 23.6 Å². The van der Waals surface area contributed by atoms with Crippen LogP contribution < -0.4 is 0 Å². The van der Waals surface area contributed by atoms with E-state index in [1.807, 2.05) is 16.7 Å². The fourth-order valence-electron chi connectivity index (χ4n) is 2.08. The molecule has 0 bridgehead atoms. The van der Waals surface area contributed by atoms with E-state index in [9.17, 15) is 0 Å². The molecule has 0 N–H and O–H groups in total. The van der Waals surface area contributed by atoms with Gasteiger partial charge in [-0.25, -0.2) is 9.67 Å². The van der Waals surface area contributed by atoms with Crippen LogP contribution in [0.1, 0.15) is 0 Å². The minimum absolute atomic E-state index is 0.364. The van der Waals surface area contributed by atoms with Crippen molar-refractivity contribution in [1.82, 2.24) is 24.4 Å². The van der Waals surface area contributed by atoms with E-state index < -0.39 is 8.07 Å². The molecule has 0 saturated heterocycles. The van der Waals surface area contributed by atoms with Crippen molar-refractivity contribution in [1.29, 1.82) is 0 Å². The van der Waals surface area contributed by atoms with Gasteiger partial charge in [0.25, 0.3) is 0 Å². The summed E-state index contributed by atoms with van der Waals surface area (Å²) in [7, 11) is -1.07. The number of aromatic nitrogens is 5. The highest BCUT2D eigenvalue weighted by molar-refractivity contribution is 6.76. The summed E-state index contributed by atoms with van der Waals surface area (Å²) in [5.41, 5.74) is 2.22. The van der Waals surface area contributed by atoms with Gasteiger partial charge in [-0.15, -0.1) is 5.10 Å². The highest BCUT2D eigenvalue weighted by Crippen LogP contribution is 2.24. The monoisotopic (exact) mass is 323 g/mol. The number of rotatable bonds is 5. The van der Waals surface area contributed by atoms with E-state index >= 15 is 0 Å². The average molecular weight is 324 g/mol. The minimum Gasteiger partial charge on any atom is -0.359 e. The molecule has 0 amide bonds. The van der Waals surface area contributed by atoms with Crippen LogP contribution in [-0.2, 0) is 11.5 Å². The van der Waals surface area contributed by atoms with Crippen LogP contribution in [0.4, 0.5) is 0 Å². The fourth-order valence-corrected chi connectivity index (χ4v) is 3.08. The van der Waals surface area contributed by atoms with E-state index in [4.69, 9.17) is 16.3 Å². The van der Waals surface area contributed by atoms with Gasteiger partial charge in [0.05, 0.1) is 10.5 Å². The van der Waals surface area contributed by atoms with Crippen molar-refractivity contribution < 1.29 is 4.74 Å². The van der Waals surface area contributed by atoms with Crippen molar-refractivity contribution in [2.24, 2.45) is 0 Å². The summed E-state index contributed by atoms with van der Waals surface area (Å²) in [5.74, 6) is 0. The van der Waals surface area contributed by atoms with Crippen LogP contribution >= 0.6 is 11.6 Å². The summed E-state index contributed by atoms with van der Waals surface area (Å²) < 4.78 is 9.21. The smallest absolute Gasteiger partial charge is 0.184 e. The molecule has 3 aromatic heterocycles. The Morgan fingerprint density at radius 2 is 2.14 bits per heavy atom. The van der Waals surface area contributed by atoms with Crippen LogP contribution in [0.5, 0.6) is 0 Å². The fraction of sp³-hybridized carbons (Fsp3) is 0.462. The third-order valence-electron chi connectivity index (χ3n) is 3.31. The van der Waals surface area contributed by atoms with Gasteiger partial charge in [0.15, 0.2) is 11.2 Å². The van der Waals surface area contributed by atoms with Crippen LogP contribution in [-0.4, -0.2) is 39.1 Å². The average Bonchev–Trinajstić information content (AvgIpc) is 2.98. The Morgan fingerprint density at radius 3 is 2.90 bits per heavy atom. The van der Waals surface area contributed by atoms with E-state index in [-0.39, 0.29) is 0 Å². The summed E-state index contributed by atoms with van der Waals surface area (Å²) in [6.07, 6.45) is 3.57. The molecule has 0 saturated carbocycles.